The molecule has 1 aliphatic heterocycles. The third-order valence-electron chi connectivity index (χ3n) is 2.01. The zero-order valence-corrected chi connectivity index (χ0v) is 12.0. The smallest absolute Gasteiger partial charge is 0.199 e. The first-order valence-corrected chi connectivity index (χ1v) is 10.3. The van der Waals surface area contributed by atoms with Gasteiger partial charge in [-0.1, -0.05) is 0 Å². The monoisotopic (exact) mass is 270 g/mol. The molecule has 0 radical (unpaired) electrons. The molecule has 16 heavy (non-hydrogen) atoms. The molecule has 1 saturated heterocycles. The summed E-state index contributed by atoms with van der Waals surface area (Å²) in [6.07, 6.45) is 0.967. The minimum atomic E-state index is -2.51. The molecule has 0 bridgehead atoms. The fourth-order valence-electron chi connectivity index (χ4n) is 1.42. The van der Waals surface area contributed by atoms with Crippen molar-refractivity contribution in [1.29, 1.82) is 0 Å². The predicted molar refractivity (Wildman–Crippen MR) is 63.8 cm³/mol. The maximum atomic E-state index is 11.4. The molecule has 0 amide bonds. The maximum absolute atomic E-state index is 11.4. The molecule has 0 aromatic rings. The Morgan fingerprint density at radius 1 is 1.12 bits per heavy atom. The predicted octanol–water partition coefficient (Wildman–Crippen LogP) is 2.60. The van der Waals surface area contributed by atoms with Crippen molar-refractivity contribution in [2.24, 2.45) is 0 Å². The van der Waals surface area contributed by atoms with Crippen molar-refractivity contribution in [3.63, 3.8) is 0 Å². The molecule has 0 N–H and O–H groups in total. The van der Waals surface area contributed by atoms with Gasteiger partial charge in [0.2, 0.25) is 0 Å². The Hall–Kier alpha value is 0.340. The van der Waals surface area contributed by atoms with Crippen molar-refractivity contribution in [1.82, 2.24) is 0 Å². The summed E-state index contributed by atoms with van der Waals surface area (Å²) in [5, 5.41) is 0. The van der Waals surface area contributed by atoms with Crippen LogP contribution in [0.5, 0.6) is 0 Å². The van der Waals surface area contributed by atoms with Crippen LogP contribution in [0.3, 0.4) is 0 Å². The lowest BCUT2D eigenvalue weighted by molar-refractivity contribution is -0.0800. The minimum Gasteiger partial charge on any atom is -0.347 e. The molecule has 7 heteroatoms. The van der Waals surface area contributed by atoms with Gasteiger partial charge in [-0.25, -0.2) is 0 Å². The first-order valence-electron chi connectivity index (χ1n) is 5.24. The molecule has 1 fully saturated rings. The van der Waals surface area contributed by atoms with Gasteiger partial charge in [-0.3, -0.25) is 13.7 Å². The van der Waals surface area contributed by atoms with E-state index in [0.29, 0.717) is 13.0 Å². The van der Waals surface area contributed by atoms with Crippen LogP contribution in [-0.2, 0) is 22.9 Å². The summed E-state index contributed by atoms with van der Waals surface area (Å²) < 4.78 is 38.7. The average molecular weight is 270 g/mol. The molecule has 1 heterocycles. The lowest BCUT2D eigenvalue weighted by Gasteiger charge is -2.17. The first-order chi connectivity index (χ1) is 7.16. The summed E-state index contributed by atoms with van der Waals surface area (Å²) >= 11 is 0. The van der Waals surface area contributed by atoms with Crippen LogP contribution in [-0.4, -0.2) is 45.7 Å². The molecule has 5 nitrogen and oxygen atoms in total. The van der Waals surface area contributed by atoms with Gasteiger partial charge in [0, 0.05) is 33.1 Å². The molecule has 0 saturated carbocycles. The van der Waals surface area contributed by atoms with Crippen LogP contribution in [0.1, 0.15) is 12.8 Å². The summed E-state index contributed by atoms with van der Waals surface area (Å²) in [7, 11) is -4.97. The highest BCUT2D eigenvalue weighted by atomic mass is 31.2. The standard InChI is InChI=1S/C9H20O5P2/c1-15(2,10)12-7-8-5-6-9(13-8)14-16(3,4)11/h8-9H,5-7H2,1-4H3/t8-,9?/m0/s1. The van der Waals surface area contributed by atoms with E-state index >= 15 is 0 Å². The molecule has 1 rings (SSSR count). The Balaban J connectivity index is 2.30. The third-order valence-corrected chi connectivity index (χ3v) is 3.53. The molecule has 1 unspecified atom stereocenters. The van der Waals surface area contributed by atoms with Crippen molar-refractivity contribution in [3.05, 3.63) is 0 Å². The van der Waals surface area contributed by atoms with Crippen LogP contribution in [0.15, 0.2) is 0 Å². The van der Waals surface area contributed by atoms with E-state index in [9.17, 15) is 9.13 Å². The topological polar surface area (TPSA) is 61.8 Å². The van der Waals surface area contributed by atoms with E-state index in [-0.39, 0.29) is 6.10 Å². The highest BCUT2D eigenvalue weighted by Crippen LogP contribution is 2.43. The lowest BCUT2D eigenvalue weighted by atomic mass is 10.2. The molecule has 1 aliphatic rings. The molecule has 0 aliphatic carbocycles. The van der Waals surface area contributed by atoms with Gasteiger partial charge in [0.05, 0.1) is 12.7 Å². The second-order valence-electron chi connectivity index (χ2n) is 4.67. The highest BCUT2D eigenvalue weighted by Gasteiger charge is 2.29. The van der Waals surface area contributed by atoms with E-state index < -0.39 is 21.0 Å². The first kappa shape index (κ1) is 14.4. The SMILES string of the molecule is CP(C)(=O)OC[C@@H]1CCC(OP(C)(C)=O)O1. The van der Waals surface area contributed by atoms with E-state index in [1.54, 1.807) is 26.7 Å². The van der Waals surface area contributed by atoms with Crippen molar-refractivity contribution >= 4 is 14.7 Å². The normalized spacial score (nSPS) is 27.2. The molecular weight excluding hydrogens is 250 g/mol. The van der Waals surface area contributed by atoms with Gasteiger partial charge in [-0.2, -0.15) is 0 Å². The summed E-state index contributed by atoms with van der Waals surface area (Å²) in [5.41, 5.74) is 0. The van der Waals surface area contributed by atoms with Gasteiger partial charge in [0.1, 0.15) is 0 Å². The van der Waals surface area contributed by atoms with Crippen molar-refractivity contribution in [2.45, 2.75) is 25.2 Å². The summed E-state index contributed by atoms with van der Waals surface area (Å²) in [5.74, 6) is 0. The zero-order chi connectivity index (χ0) is 12.4. The van der Waals surface area contributed by atoms with Crippen molar-refractivity contribution in [2.75, 3.05) is 33.3 Å². The molecule has 0 aromatic carbocycles. The Bertz CT molecular complexity index is 318. The van der Waals surface area contributed by atoms with E-state index in [2.05, 4.69) is 0 Å². The molecule has 0 spiro atoms. The third kappa shape index (κ3) is 6.17. The minimum absolute atomic E-state index is 0.107. The van der Waals surface area contributed by atoms with Crippen LogP contribution in [0, 0.1) is 0 Å². The van der Waals surface area contributed by atoms with Gasteiger partial charge >= 0.3 is 0 Å². The van der Waals surface area contributed by atoms with E-state index in [1.807, 2.05) is 0 Å². The Morgan fingerprint density at radius 2 is 1.75 bits per heavy atom. The van der Waals surface area contributed by atoms with Crippen LogP contribution in [0.4, 0.5) is 0 Å². The Labute approximate surface area is 96.7 Å². The number of rotatable bonds is 5. The number of ether oxygens (including phenoxy) is 1. The molecule has 0 aromatic heterocycles. The van der Waals surface area contributed by atoms with Gasteiger partial charge in [0.15, 0.2) is 21.0 Å². The largest absolute Gasteiger partial charge is 0.347 e. The van der Waals surface area contributed by atoms with Crippen LogP contribution in [0.2, 0.25) is 0 Å². The molecule has 2 atom stereocenters. The summed E-state index contributed by atoms with van der Waals surface area (Å²) in [6, 6.07) is 0. The van der Waals surface area contributed by atoms with E-state index in [0.717, 1.165) is 6.42 Å². The van der Waals surface area contributed by atoms with Crippen molar-refractivity contribution < 1.29 is 22.9 Å². The molecule has 96 valence electrons. The highest BCUT2D eigenvalue weighted by molar-refractivity contribution is 7.57. The van der Waals surface area contributed by atoms with Gasteiger partial charge in [-0.05, 0) is 6.42 Å². The summed E-state index contributed by atoms with van der Waals surface area (Å²) in [4.78, 5) is 0. The van der Waals surface area contributed by atoms with Gasteiger partial charge in [0.25, 0.3) is 0 Å². The fourth-order valence-corrected chi connectivity index (χ4v) is 2.67. The number of hydrogen-bond acceptors (Lipinski definition) is 5. The quantitative estimate of drug-likeness (QED) is 0.718. The Morgan fingerprint density at radius 3 is 2.25 bits per heavy atom. The fraction of sp³-hybridized carbons (Fsp3) is 1.00. The van der Waals surface area contributed by atoms with Crippen LogP contribution in [0.25, 0.3) is 0 Å². The van der Waals surface area contributed by atoms with E-state index in [4.69, 9.17) is 13.8 Å². The molecular formula is C9H20O5P2. The second-order valence-corrected chi connectivity index (χ2v) is 10.1. The van der Waals surface area contributed by atoms with Crippen LogP contribution >= 0.6 is 14.7 Å². The van der Waals surface area contributed by atoms with E-state index in [1.165, 1.54) is 0 Å². The summed E-state index contributed by atoms with van der Waals surface area (Å²) in [6.45, 7) is 6.57. The van der Waals surface area contributed by atoms with Gasteiger partial charge in [-0.15, -0.1) is 0 Å². The zero-order valence-electron chi connectivity index (χ0n) is 10.2. The van der Waals surface area contributed by atoms with Crippen molar-refractivity contribution in [3.8, 4) is 0 Å². The maximum Gasteiger partial charge on any atom is 0.199 e. The lowest BCUT2D eigenvalue weighted by Crippen LogP contribution is -2.17. The Kier molecular flexibility index (Phi) is 4.79. The van der Waals surface area contributed by atoms with Crippen LogP contribution < -0.4 is 0 Å². The second kappa shape index (κ2) is 5.32. The average Bonchev–Trinajstić information content (AvgIpc) is 2.44. The number of hydrogen-bond donors (Lipinski definition) is 0. The van der Waals surface area contributed by atoms with Gasteiger partial charge < -0.3 is 9.26 Å².